The van der Waals surface area contributed by atoms with Crippen molar-refractivity contribution in [2.24, 2.45) is 0 Å². The average molecular weight is 451 g/mol. The monoisotopic (exact) mass is 451 g/mol. The first kappa shape index (κ1) is 21.5. The van der Waals surface area contributed by atoms with Gasteiger partial charge in [0.1, 0.15) is 0 Å². The molecule has 0 aliphatic carbocycles. The van der Waals surface area contributed by atoms with Crippen LogP contribution in [-0.2, 0) is 16.2 Å². The summed E-state index contributed by atoms with van der Waals surface area (Å²) in [5.41, 5.74) is 0.912. The van der Waals surface area contributed by atoms with Crippen molar-refractivity contribution in [3.8, 4) is 11.4 Å². The average Bonchev–Trinajstić information content (AvgIpc) is 3.24. The number of piperidine rings is 1. The molecule has 0 saturated carbocycles. The smallest absolute Gasteiger partial charge is 0.339 e. The Hall–Kier alpha value is -2.72. The van der Waals surface area contributed by atoms with Gasteiger partial charge in [-0.3, -0.25) is 0 Å². The van der Waals surface area contributed by atoms with Gasteiger partial charge < -0.3 is 4.52 Å². The molecule has 3 aromatic rings. The number of sulfonamides is 1. The summed E-state index contributed by atoms with van der Waals surface area (Å²) in [5, 5.41) is 4.03. The first-order chi connectivity index (χ1) is 14.6. The van der Waals surface area contributed by atoms with Crippen molar-refractivity contribution in [3.05, 3.63) is 65.5 Å². The van der Waals surface area contributed by atoms with Gasteiger partial charge in [0.15, 0.2) is 0 Å². The van der Waals surface area contributed by atoms with Crippen molar-refractivity contribution < 1.29 is 26.1 Å². The second-order valence-electron chi connectivity index (χ2n) is 7.53. The second-order valence-corrected chi connectivity index (χ2v) is 9.47. The van der Waals surface area contributed by atoms with Gasteiger partial charge in [0.25, 0.3) is 0 Å². The fourth-order valence-electron chi connectivity index (χ4n) is 3.63. The normalized spacial score (nSPS) is 16.5. The molecular formula is C21H20F3N3O3S. The van der Waals surface area contributed by atoms with Gasteiger partial charge in [-0.15, -0.1) is 0 Å². The van der Waals surface area contributed by atoms with Crippen LogP contribution in [0.3, 0.4) is 0 Å². The predicted molar refractivity (Wildman–Crippen MR) is 107 cm³/mol. The molecule has 1 fully saturated rings. The summed E-state index contributed by atoms with van der Waals surface area (Å²) < 4.78 is 71.1. The Bertz CT molecular complexity index is 1180. The van der Waals surface area contributed by atoms with Crippen LogP contribution in [0, 0.1) is 6.92 Å². The highest BCUT2D eigenvalue weighted by Gasteiger charge is 2.35. The van der Waals surface area contributed by atoms with Gasteiger partial charge in [-0.2, -0.15) is 22.5 Å². The lowest BCUT2D eigenvalue weighted by atomic mass is 9.98. The van der Waals surface area contributed by atoms with Crippen LogP contribution in [0.2, 0.25) is 0 Å². The molecule has 0 spiro atoms. The van der Waals surface area contributed by atoms with Crippen molar-refractivity contribution in [1.29, 1.82) is 0 Å². The van der Waals surface area contributed by atoms with Crippen molar-refractivity contribution >= 4 is 10.0 Å². The number of hydrogen-bond acceptors (Lipinski definition) is 5. The fourth-order valence-corrected chi connectivity index (χ4v) is 5.14. The first-order valence-corrected chi connectivity index (χ1v) is 11.2. The minimum absolute atomic E-state index is 0.112. The topological polar surface area (TPSA) is 76.3 Å². The summed E-state index contributed by atoms with van der Waals surface area (Å²) in [6.07, 6.45) is -3.73. The number of halogens is 3. The molecule has 1 aliphatic rings. The van der Waals surface area contributed by atoms with Crippen LogP contribution < -0.4 is 0 Å². The number of benzene rings is 2. The van der Waals surface area contributed by atoms with E-state index in [-0.39, 0.29) is 23.9 Å². The highest BCUT2D eigenvalue weighted by molar-refractivity contribution is 7.89. The van der Waals surface area contributed by atoms with Gasteiger partial charge in [0.05, 0.1) is 10.5 Å². The minimum atomic E-state index is -4.61. The van der Waals surface area contributed by atoms with E-state index < -0.39 is 21.8 Å². The summed E-state index contributed by atoms with van der Waals surface area (Å²) in [6.45, 7) is 2.28. The highest BCUT2D eigenvalue weighted by atomic mass is 32.2. The molecular weight excluding hydrogens is 431 g/mol. The van der Waals surface area contributed by atoms with E-state index in [2.05, 4.69) is 10.1 Å². The summed E-state index contributed by atoms with van der Waals surface area (Å²) in [7, 11) is -4.03. The Morgan fingerprint density at radius 1 is 1.06 bits per heavy atom. The van der Waals surface area contributed by atoms with E-state index >= 15 is 0 Å². The van der Waals surface area contributed by atoms with Gasteiger partial charge >= 0.3 is 6.18 Å². The lowest BCUT2D eigenvalue weighted by Gasteiger charge is -2.29. The lowest BCUT2D eigenvalue weighted by Crippen LogP contribution is -2.38. The van der Waals surface area contributed by atoms with E-state index in [9.17, 15) is 21.6 Å². The molecule has 10 heteroatoms. The van der Waals surface area contributed by atoms with Crippen LogP contribution in [0.4, 0.5) is 13.2 Å². The van der Waals surface area contributed by atoms with Crippen molar-refractivity contribution in [1.82, 2.24) is 14.4 Å². The predicted octanol–water partition coefficient (Wildman–Crippen LogP) is 4.63. The van der Waals surface area contributed by atoms with Gasteiger partial charge in [-0.1, -0.05) is 35.0 Å². The molecule has 1 aromatic heterocycles. The van der Waals surface area contributed by atoms with Gasteiger partial charge in [0, 0.05) is 24.6 Å². The summed E-state index contributed by atoms with van der Waals surface area (Å²) in [4.78, 5) is 4.10. The van der Waals surface area contributed by atoms with Gasteiger partial charge in [-0.25, -0.2) is 8.42 Å². The van der Waals surface area contributed by atoms with Crippen LogP contribution >= 0.6 is 0 Å². The Morgan fingerprint density at radius 3 is 2.45 bits per heavy atom. The molecule has 1 saturated heterocycles. The number of rotatable bonds is 4. The first-order valence-electron chi connectivity index (χ1n) is 9.72. The number of nitrogens with zero attached hydrogens (tertiary/aromatic N) is 3. The molecule has 31 heavy (non-hydrogen) atoms. The van der Waals surface area contributed by atoms with Crippen LogP contribution in [0.5, 0.6) is 0 Å². The molecule has 0 bridgehead atoms. The Morgan fingerprint density at radius 2 is 1.77 bits per heavy atom. The molecule has 0 unspecified atom stereocenters. The zero-order valence-corrected chi connectivity index (χ0v) is 17.4. The molecule has 164 valence electrons. The molecule has 2 heterocycles. The summed E-state index contributed by atoms with van der Waals surface area (Å²) in [6, 6.07) is 11.5. The number of aromatic nitrogens is 2. The van der Waals surface area contributed by atoms with Crippen molar-refractivity contribution in [2.75, 3.05) is 13.1 Å². The zero-order valence-electron chi connectivity index (χ0n) is 16.6. The van der Waals surface area contributed by atoms with Crippen molar-refractivity contribution in [2.45, 2.75) is 36.8 Å². The Balaban J connectivity index is 1.46. The fraction of sp³-hybridized carbons (Fsp3) is 0.333. The lowest BCUT2D eigenvalue weighted by molar-refractivity contribution is -0.137. The maximum Gasteiger partial charge on any atom is 0.416 e. The molecule has 0 N–H and O–H groups in total. The van der Waals surface area contributed by atoms with Crippen LogP contribution in [-0.4, -0.2) is 36.0 Å². The largest absolute Gasteiger partial charge is 0.416 e. The quantitative estimate of drug-likeness (QED) is 0.578. The van der Waals surface area contributed by atoms with Gasteiger partial charge in [-0.05, 0) is 44.0 Å². The molecule has 2 aromatic carbocycles. The van der Waals surface area contributed by atoms with Crippen LogP contribution in [0.25, 0.3) is 11.4 Å². The Labute approximate surface area is 177 Å². The van der Waals surface area contributed by atoms with E-state index in [1.165, 1.54) is 10.4 Å². The minimum Gasteiger partial charge on any atom is -0.339 e. The van der Waals surface area contributed by atoms with E-state index in [4.69, 9.17) is 4.52 Å². The summed E-state index contributed by atoms with van der Waals surface area (Å²) >= 11 is 0. The zero-order chi connectivity index (χ0) is 22.2. The highest BCUT2D eigenvalue weighted by Crippen LogP contribution is 2.34. The molecule has 1 aliphatic heterocycles. The molecule has 0 atom stereocenters. The number of alkyl halides is 3. The Kier molecular flexibility index (Phi) is 5.61. The van der Waals surface area contributed by atoms with E-state index in [1.54, 1.807) is 0 Å². The maximum absolute atomic E-state index is 13.0. The molecule has 0 radical (unpaired) electrons. The molecule has 0 amide bonds. The summed E-state index contributed by atoms with van der Waals surface area (Å²) in [5.74, 6) is 0.796. The third-order valence-corrected chi connectivity index (χ3v) is 7.21. The van der Waals surface area contributed by atoms with E-state index in [0.29, 0.717) is 30.6 Å². The van der Waals surface area contributed by atoms with E-state index in [0.717, 1.165) is 23.3 Å². The number of hydrogen-bond donors (Lipinski definition) is 0. The standard InChI is InChI=1S/C21H20F3N3O3S/c1-14-4-2-5-16(12-14)19-25-20(30-26-19)15-8-10-27(11-9-15)31(28,29)18-7-3-6-17(13-18)21(22,23)24/h2-7,12-13,15H,8-11H2,1H3. The van der Waals surface area contributed by atoms with Crippen molar-refractivity contribution in [3.63, 3.8) is 0 Å². The second kappa shape index (κ2) is 8.08. The SMILES string of the molecule is Cc1cccc(-c2noc(C3CCN(S(=O)(=O)c4cccc(C(F)(F)F)c4)CC3)n2)c1. The van der Waals surface area contributed by atoms with Crippen LogP contribution in [0.15, 0.2) is 57.9 Å². The maximum atomic E-state index is 13.0. The van der Waals surface area contributed by atoms with Crippen LogP contribution in [0.1, 0.15) is 35.8 Å². The molecule has 6 nitrogen and oxygen atoms in total. The van der Waals surface area contributed by atoms with E-state index in [1.807, 2.05) is 31.2 Å². The van der Waals surface area contributed by atoms with Gasteiger partial charge in [0.2, 0.25) is 21.7 Å². The third kappa shape index (κ3) is 4.49. The third-order valence-electron chi connectivity index (χ3n) is 5.32. The molecule has 4 rings (SSSR count). The number of aryl methyl sites for hydroxylation is 1.